The highest BCUT2D eigenvalue weighted by Gasteiger charge is 2.10. The first-order valence-corrected chi connectivity index (χ1v) is 7.23. The summed E-state index contributed by atoms with van der Waals surface area (Å²) in [7, 11) is 0. The molecular weight excluding hydrogens is 284 g/mol. The van der Waals surface area contributed by atoms with Gasteiger partial charge in [0.05, 0.1) is 6.21 Å². The van der Waals surface area contributed by atoms with Gasteiger partial charge in [0, 0.05) is 10.4 Å². The third-order valence-corrected chi connectivity index (χ3v) is 3.69. The van der Waals surface area contributed by atoms with Crippen molar-refractivity contribution in [2.24, 2.45) is 5.10 Å². The molecule has 104 valence electrons. The van der Waals surface area contributed by atoms with Gasteiger partial charge in [0.25, 0.3) is 0 Å². The van der Waals surface area contributed by atoms with Crippen molar-refractivity contribution >= 4 is 17.6 Å². The molecule has 0 bridgehead atoms. The quantitative estimate of drug-likeness (QED) is 0.698. The Morgan fingerprint density at radius 3 is 2.67 bits per heavy atom. The summed E-state index contributed by atoms with van der Waals surface area (Å²) in [5.74, 6) is 0.451. The maximum Gasteiger partial charge on any atom is 0.301 e. The third kappa shape index (κ3) is 2.80. The van der Waals surface area contributed by atoms with E-state index in [1.54, 1.807) is 24.5 Å². The zero-order valence-corrected chi connectivity index (χ0v) is 12.1. The molecule has 0 N–H and O–H groups in total. The lowest BCUT2D eigenvalue weighted by molar-refractivity contribution is 0.717. The van der Waals surface area contributed by atoms with Gasteiger partial charge in [-0.1, -0.05) is 36.4 Å². The summed E-state index contributed by atoms with van der Waals surface area (Å²) in [4.78, 5) is 13.5. The summed E-state index contributed by atoms with van der Waals surface area (Å²) in [6.07, 6.45) is 1.65. The van der Waals surface area contributed by atoms with Crippen LogP contribution >= 0.6 is 11.3 Å². The molecule has 3 aromatic rings. The van der Waals surface area contributed by atoms with Crippen LogP contribution in [0.4, 0.5) is 0 Å². The molecule has 6 heteroatoms. The largest absolute Gasteiger partial charge is 0.301 e. The molecule has 0 saturated carbocycles. The average molecular weight is 296 g/mol. The van der Waals surface area contributed by atoms with E-state index in [4.69, 9.17) is 0 Å². The van der Waals surface area contributed by atoms with E-state index in [9.17, 15) is 4.79 Å². The van der Waals surface area contributed by atoms with Crippen LogP contribution in [-0.2, 0) is 0 Å². The van der Waals surface area contributed by atoms with Crippen molar-refractivity contribution in [3.8, 4) is 11.3 Å². The smallest absolute Gasteiger partial charge is 0.265 e. The Labute approximate surface area is 125 Å². The highest BCUT2D eigenvalue weighted by Crippen LogP contribution is 2.11. The molecule has 0 aliphatic carbocycles. The van der Waals surface area contributed by atoms with E-state index >= 15 is 0 Å². The van der Waals surface area contributed by atoms with Crippen LogP contribution in [0.5, 0.6) is 0 Å². The van der Waals surface area contributed by atoms with Gasteiger partial charge in [-0.15, -0.1) is 21.5 Å². The SMILES string of the molecule is Cc1nnc(-c2ccccc2)c(=O)n1N=Cc1cccs1. The summed E-state index contributed by atoms with van der Waals surface area (Å²) >= 11 is 1.55. The summed E-state index contributed by atoms with van der Waals surface area (Å²) < 4.78 is 1.27. The van der Waals surface area contributed by atoms with Crippen molar-refractivity contribution in [1.82, 2.24) is 14.9 Å². The zero-order chi connectivity index (χ0) is 14.7. The second kappa shape index (κ2) is 5.80. The maximum atomic E-state index is 12.5. The van der Waals surface area contributed by atoms with Crippen LogP contribution in [0.15, 0.2) is 57.7 Å². The Kier molecular flexibility index (Phi) is 3.70. The van der Waals surface area contributed by atoms with E-state index in [1.165, 1.54) is 4.68 Å². The summed E-state index contributed by atoms with van der Waals surface area (Å²) in [6, 6.07) is 13.1. The lowest BCUT2D eigenvalue weighted by Crippen LogP contribution is -2.23. The standard InChI is InChI=1S/C15H12N4OS/c1-11-17-18-14(12-6-3-2-4-7-12)15(20)19(11)16-10-13-8-5-9-21-13/h2-10H,1H3. The number of nitrogens with zero attached hydrogens (tertiary/aromatic N) is 4. The van der Waals surface area contributed by atoms with Crippen LogP contribution in [-0.4, -0.2) is 21.1 Å². The summed E-state index contributed by atoms with van der Waals surface area (Å²) in [5, 5.41) is 14.2. The maximum absolute atomic E-state index is 12.5. The molecule has 0 fully saturated rings. The molecule has 0 amide bonds. The fourth-order valence-corrected chi connectivity index (χ4v) is 2.43. The van der Waals surface area contributed by atoms with E-state index < -0.39 is 0 Å². The van der Waals surface area contributed by atoms with Crippen LogP contribution in [0, 0.1) is 6.92 Å². The molecule has 2 heterocycles. The molecular formula is C15H12N4OS. The topological polar surface area (TPSA) is 60.1 Å². The Bertz CT molecular complexity index is 823. The minimum Gasteiger partial charge on any atom is -0.265 e. The fourth-order valence-electron chi connectivity index (χ4n) is 1.85. The summed E-state index contributed by atoms with van der Waals surface area (Å²) in [6.45, 7) is 1.70. The number of hydrogen-bond acceptors (Lipinski definition) is 5. The van der Waals surface area contributed by atoms with Crippen molar-refractivity contribution in [1.29, 1.82) is 0 Å². The van der Waals surface area contributed by atoms with Crippen molar-refractivity contribution in [3.05, 3.63) is 68.9 Å². The molecule has 0 radical (unpaired) electrons. The van der Waals surface area contributed by atoms with Gasteiger partial charge >= 0.3 is 5.56 Å². The van der Waals surface area contributed by atoms with Crippen molar-refractivity contribution in [2.75, 3.05) is 0 Å². The first-order chi connectivity index (χ1) is 10.3. The Hall–Kier alpha value is -2.60. The number of aryl methyl sites for hydroxylation is 1. The van der Waals surface area contributed by atoms with Crippen molar-refractivity contribution < 1.29 is 0 Å². The van der Waals surface area contributed by atoms with Gasteiger partial charge in [0.1, 0.15) is 0 Å². The van der Waals surface area contributed by atoms with Gasteiger partial charge in [-0.05, 0) is 18.4 Å². The van der Waals surface area contributed by atoms with Gasteiger partial charge in [0.2, 0.25) is 0 Å². The predicted octanol–water partition coefficient (Wildman–Crippen LogP) is 2.56. The molecule has 0 aliphatic rings. The second-order valence-corrected chi connectivity index (χ2v) is 5.32. The van der Waals surface area contributed by atoms with Crippen LogP contribution in [0.2, 0.25) is 0 Å². The van der Waals surface area contributed by atoms with Gasteiger partial charge in [0.15, 0.2) is 11.5 Å². The molecule has 3 rings (SSSR count). The van der Waals surface area contributed by atoms with Crippen LogP contribution in [0.25, 0.3) is 11.3 Å². The molecule has 21 heavy (non-hydrogen) atoms. The zero-order valence-electron chi connectivity index (χ0n) is 11.3. The Morgan fingerprint density at radius 2 is 1.95 bits per heavy atom. The number of benzene rings is 1. The average Bonchev–Trinajstić information content (AvgIpc) is 3.01. The molecule has 0 aliphatic heterocycles. The van der Waals surface area contributed by atoms with Gasteiger partial charge in [-0.2, -0.15) is 9.78 Å². The second-order valence-electron chi connectivity index (χ2n) is 4.34. The van der Waals surface area contributed by atoms with Gasteiger partial charge in [-0.25, -0.2) is 0 Å². The van der Waals surface area contributed by atoms with Crippen LogP contribution in [0.1, 0.15) is 10.7 Å². The lowest BCUT2D eigenvalue weighted by Gasteiger charge is -2.04. The first kappa shape index (κ1) is 13.4. The molecule has 1 aromatic carbocycles. The Morgan fingerprint density at radius 1 is 1.14 bits per heavy atom. The predicted molar refractivity (Wildman–Crippen MR) is 83.8 cm³/mol. The minimum absolute atomic E-state index is 0.276. The van der Waals surface area contributed by atoms with E-state index in [-0.39, 0.29) is 5.56 Å². The Balaban J connectivity index is 2.07. The molecule has 5 nitrogen and oxygen atoms in total. The van der Waals surface area contributed by atoms with Gasteiger partial charge in [-0.3, -0.25) is 4.79 Å². The van der Waals surface area contributed by atoms with Crippen molar-refractivity contribution in [2.45, 2.75) is 6.92 Å². The lowest BCUT2D eigenvalue weighted by atomic mass is 10.2. The van der Waals surface area contributed by atoms with Crippen LogP contribution < -0.4 is 5.56 Å². The monoisotopic (exact) mass is 296 g/mol. The van der Waals surface area contributed by atoms with E-state index in [0.29, 0.717) is 11.5 Å². The number of rotatable bonds is 3. The highest BCUT2D eigenvalue weighted by atomic mass is 32.1. The molecule has 0 atom stereocenters. The summed E-state index contributed by atoms with van der Waals surface area (Å²) in [5.41, 5.74) is 0.751. The number of aromatic nitrogens is 3. The van der Waals surface area contributed by atoms with E-state index in [0.717, 1.165) is 10.4 Å². The molecule has 2 aromatic heterocycles. The fraction of sp³-hybridized carbons (Fsp3) is 0.0667. The normalized spacial score (nSPS) is 11.1. The minimum atomic E-state index is -0.276. The molecule has 0 unspecified atom stereocenters. The van der Waals surface area contributed by atoms with Crippen LogP contribution in [0.3, 0.4) is 0 Å². The molecule has 0 saturated heterocycles. The van der Waals surface area contributed by atoms with Crippen molar-refractivity contribution in [3.63, 3.8) is 0 Å². The number of hydrogen-bond donors (Lipinski definition) is 0. The molecule has 0 spiro atoms. The third-order valence-electron chi connectivity index (χ3n) is 2.89. The first-order valence-electron chi connectivity index (χ1n) is 6.35. The number of thiophene rings is 1. The van der Waals surface area contributed by atoms with E-state index in [1.807, 2.05) is 47.8 Å². The van der Waals surface area contributed by atoms with E-state index in [2.05, 4.69) is 15.3 Å². The highest BCUT2D eigenvalue weighted by molar-refractivity contribution is 7.11. The van der Waals surface area contributed by atoms with Gasteiger partial charge < -0.3 is 0 Å².